The summed E-state index contributed by atoms with van der Waals surface area (Å²) in [5.74, 6) is -14.5. The normalized spacial score (nSPS) is 16.3. The van der Waals surface area contributed by atoms with Gasteiger partial charge in [0.2, 0.25) is 59.1 Å². The molecule has 20 N–H and O–H groups in total. The fourth-order valence-electron chi connectivity index (χ4n) is 9.69. The van der Waals surface area contributed by atoms with Crippen molar-refractivity contribution in [3.63, 3.8) is 0 Å². The smallest absolute Gasteiger partial charge is 0.326 e. The molecule has 4 aromatic rings. The summed E-state index contributed by atoms with van der Waals surface area (Å²) < 4.78 is 0. The number of rotatable bonds is 33. The lowest BCUT2D eigenvalue weighted by Gasteiger charge is -2.30. The van der Waals surface area contributed by atoms with Crippen LogP contribution in [0.5, 0.6) is 11.5 Å². The van der Waals surface area contributed by atoms with Gasteiger partial charge in [-0.15, -0.1) is 0 Å². The van der Waals surface area contributed by atoms with Gasteiger partial charge in [0.05, 0.1) is 38.2 Å². The number of hydrogen-bond acceptors (Lipinski definition) is 18. The van der Waals surface area contributed by atoms with Gasteiger partial charge < -0.3 is 99.6 Å². The molecule has 10 amide bonds. The molecule has 2 heterocycles. The number of likely N-dealkylation sites (tertiary alicyclic amines) is 1. The van der Waals surface area contributed by atoms with Crippen molar-refractivity contribution in [2.24, 2.45) is 17.4 Å². The van der Waals surface area contributed by atoms with Gasteiger partial charge in [-0.1, -0.05) is 56.3 Å². The molecular formula is C58H76N12O19. The molecule has 0 spiro atoms. The highest BCUT2D eigenvalue weighted by Gasteiger charge is 2.41. The Hall–Kier alpha value is -9.72. The fraction of sp³-hybridized carbons (Fsp3) is 0.448. The number of aliphatic hydroxyl groups is 3. The van der Waals surface area contributed by atoms with E-state index >= 15 is 0 Å². The molecule has 0 aliphatic carbocycles. The number of nitrogens with one attached hydrogen (secondary N) is 9. The van der Waals surface area contributed by atoms with E-state index in [0.29, 0.717) is 28.5 Å². The molecule has 11 atom stereocenters. The number of aromatic hydroxyl groups is 2. The van der Waals surface area contributed by atoms with Crippen LogP contribution in [-0.4, -0.2) is 203 Å². The van der Waals surface area contributed by atoms with E-state index in [9.17, 15) is 93.3 Å². The molecule has 1 aliphatic rings. The number of phenolic OH excluding ortho intramolecular Hbond substituents is 2. The number of nitrogens with zero attached hydrogens (tertiary/aromatic N) is 1. The lowest BCUT2D eigenvalue weighted by molar-refractivity contribution is -0.151. The summed E-state index contributed by atoms with van der Waals surface area (Å²) >= 11 is 0. The van der Waals surface area contributed by atoms with Gasteiger partial charge in [-0.3, -0.25) is 52.7 Å². The Morgan fingerprint density at radius 3 is 1.48 bits per heavy atom. The third-order valence-electron chi connectivity index (χ3n) is 14.4. The zero-order chi connectivity index (χ0) is 65.8. The molecule has 0 saturated carbocycles. The Kier molecular flexibility index (Phi) is 25.9. The molecule has 3 aromatic carbocycles. The van der Waals surface area contributed by atoms with Crippen molar-refractivity contribution in [2.75, 3.05) is 19.8 Å². The number of para-hydroxylation sites is 1. The summed E-state index contributed by atoms with van der Waals surface area (Å²) in [4.78, 5) is 165. The van der Waals surface area contributed by atoms with Crippen molar-refractivity contribution in [2.45, 2.75) is 139 Å². The Morgan fingerprint density at radius 2 is 1.01 bits per heavy atom. The maximum atomic E-state index is 14.8. The minimum Gasteiger partial charge on any atom is -0.508 e. The fourth-order valence-corrected chi connectivity index (χ4v) is 9.69. The minimum absolute atomic E-state index is 0.0216. The van der Waals surface area contributed by atoms with Crippen molar-refractivity contribution in [3.05, 3.63) is 95.7 Å². The zero-order valence-electron chi connectivity index (χ0n) is 48.8. The van der Waals surface area contributed by atoms with Crippen LogP contribution in [0.3, 0.4) is 0 Å². The lowest BCUT2D eigenvalue weighted by Crippen LogP contribution is -2.62. The van der Waals surface area contributed by atoms with Gasteiger partial charge in [-0.05, 0) is 79.1 Å². The Labute approximate surface area is 509 Å². The predicted octanol–water partition coefficient (Wildman–Crippen LogP) is -4.35. The standard InChI is InChI=1S/C58H76N12O19/c1-28(2)19-38(50(80)68-44(27-72)56(86)69-48(29(3)73)57(87)70-18-6-9-45(70)58(88)89)63-53(83)41(22-32-25-61-37-8-5-4-7-35(32)37)66-51(81)39(20-30-10-14-33(74)15-11-30)65-55(85)43(26-71)67-52(82)40(21-31-12-16-34(75)17-13-31)64-54(84)42(24-47(77)78)62-49(79)36(59)23-46(60)76/h4-5,7-8,10-17,25,28-29,36,38-45,48,61,71-75H,6,9,18-24,26-27,59H2,1-3H3,(H2,60,76)(H,62,79)(H,63,83)(H,64,84)(H,65,85)(H,66,81)(H,67,82)(H,68,80)(H,69,86)(H,77,78)(H,88,89)/t29-,36+,38+,39+,40+,41+,42+,43+,44+,45+,48+/m1/s1. The second kappa shape index (κ2) is 32.9. The van der Waals surface area contributed by atoms with Crippen LogP contribution >= 0.6 is 0 Å². The average Bonchev–Trinajstić information content (AvgIpc) is 2.53. The molecule has 0 radical (unpaired) electrons. The number of amides is 10. The number of aromatic amines is 1. The van der Waals surface area contributed by atoms with E-state index in [-0.39, 0.29) is 55.2 Å². The maximum Gasteiger partial charge on any atom is 0.326 e. The molecule has 1 fully saturated rings. The second-order valence-corrected chi connectivity index (χ2v) is 21.9. The van der Waals surface area contributed by atoms with Gasteiger partial charge >= 0.3 is 11.9 Å². The molecule has 5 rings (SSSR count). The first-order valence-corrected chi connectivity index (χ1v) is 28.3. The van der Waals surface area contributed by atoms with Gasteiger partial charge in [0.25, 0.3) is 0 Å². The van der Waals surface area contributed by atoms with Crippen LogP contribution in [0.15, 0.2) is 79.0 Å². The number of H-pyrrole nitrogens is 1. The van der Waals surface area contributed by atoms with E-state index in [1.165, 1.54) is 55.5 Å². The van der Waals surface area contributed by atoms with Crippen molar-refractivity contribution in [3.8, 4) is 11.5 Å². The van der Waals surface area contributed by atoms with Gasteiger partial charge in [0.1, 0.15) is 65.9 Å². The number of carboxylic acids is 2. The Morgan fingerprint density at radius 1 is 0.573 bits per heavy atom. The van der Waals surface area contributed by atoms with Crippen LogP contribution < -0.4 is 54.0 Å². The van der Waals surface area contributed by atoms with Gasteiger partial charge in [0.15, 0.2) is 0 Å². The van der Waals surface area contributed by atoms with Gasteiger partial charge in [0, 0.05) is 42.9 Å². The zero-order valence-corrected chi connectivity index (χ0v) is 48.8. The van der Waals surface area contributed by atoms with Crippen LogP contribution in [0.25, 0.3) is 10.9 Å². The van der Waals surface area contributed by atoms with E-state index < -0.39 is 170 Å². The number of carbonyl (C=O) groups excluding carboxylic acids is 10. The number of primary amides is 1. The van der Waals surface area contributed by atoms with E-state index in [0.717, 1.165) is 4.90 Å². The highest BCUT2D eigenvalue weighted by Crippen LogP contribution is 2.22. The minimum atomic E-state index is -1.93. The first kappa shape index (κ1) is 70.0. The number of carboxylic acid groups (broad SMARTS) is 2. The predicted molar refractivity (Wildman–Crippen MR) is 313 cm³/mol. The number of carbonyl (C=O) groups is 12. The molecular weight excluding hydrogens is 1170 g/mol. The van der Waals surface area contributed by atoms with Crippen LogP contribution in [0.4, 0.5) is 0 Å². The Balaban J connectivity index is 1.43. The molecule has 1 aliphatic heterocycles. The molecule has 482 valence electrons. The summed E-state index contributed by atoms with van der Waals surface area (Å²) in [6.07, 6.45) is -2.45. The number of phenols is 2. The van der Waals surface area contributed by atoms with Crippen LogP contribution in [0.2, 0.25) is 0 Å². The van der Waals surface area contributed by atoms with Crippen molar-refractivity contribution in [1.82, 2.24) is 52.4 Å². The number of nitrogens with two attached hydrogens (primary N) is 2. The quantitative estimate of drug-likeness (QED) is 0.0214. The topological polar surface area (TPSA) is 514 Å². The first-order valence-electron chi connectivity index (χ1n) is 28.3. The summed E-state index contributed by atoms with van der Waals surface area (Å²) in [5.41, 5.74) is 12.6. The van der Waals surface area contributed by atoms with E-state index in [1.54, 1.807) is 44.3 Å². The molecule has 1 saturated heterocycles. The molecule has 31 heteroatoms. The third-order valence-corrected chi connectivity index (χ3v) is 14.4. The summed E-state index contributed by atoms with van der Waals surface area (Å²) in [6, 6.07) is 0.831. The van der Waals surface area contributed by atoms with Crippen molar-refractivity contribution in [1.29, 1.82) is 0 Å². The van der Waals surface area contributed by atoms with Crippen LogP contribution in [0, 0.1) is 5.92 Å². The number of hydrogen-bond donors (Lipinski definition) is 18. The Bertz CT molecular complexity index is 3190. The largest absolute Gasteiger partial charge is 0.508 e. The maximum absolute atomic E-state index is 14.8. The lowest BCUT2D eigenvalue weighted by atomic mass is 9.99. The molecule has 89 heavy (non-hydrogen) atoms. The summed E-state index contributed by atoms with van der Waals surface area (Å²) in [5, 5.41) is 90.6. The third kappa shape index (κ3) is 20.7. The molecule has 31 nitrogen and oxygen atoms in total. The van der Waals surface area contributed by atoms with Crippen LogP contribution in [-0.2, 0) is 76.8 Å². The van der Waals surface area contributed by atoms with Crippen molar-refractivity contribution < 1.29 is 93.3 Å². The van der Waals surface area contributed by atoms with E-state index in [2.05, 4.69) is 47.5 Å². The SMILES string of the molecule is CC(C)C[C@H](NC(=O)[C@H](Cc1c[nH]c2ccccc12)NC(=O)[C@H](Cc1ccc(O)cc1)NC(=O)[C@H](CO)NC(=O)[C@H](Cc1ccc(O)cc1)NC(=O)[C@H](CC(=O)O)NC(=O)[C@@H](N)CC(N)=O)C(=O)N[C@@H](CO)C(=O)N[C@H](C(=O)N1CCC[C@H]1C(=O)O)[C@@H](C)O. The first-order chi connectivity index (χ1) is 42.1. The second-order valence-electron chi connectivity index (χ2n) is 21.9. The summed E-state index contributed by atoms with van der Waals surface area (Å²) in [6.45, 7) is 2.39. The summed E-state index contributed by atoms with van der Waals surface area (Å²) in [7, 11) is 0. The number of aromatic nitrogens is 1. The molecule has 0 unspecified atom stereocenters. The van der Waals surface area contributed by atoms with E-state index in [1.807, 2.05) is 0 Å². The number of fused-ring (bicyclic) bond motifs is 1. The average molecular weight is 1250 g/mol. The highest BCUT2D eigenvalue weighted by atomic mass is 16.4. The number of aliphatic hydroxyl groups excluding tert-OH is 3. The van der Waals surface area contributed by atoms with E-state index in [4.69, 9.17) is 11.5 Å². The van der Waals surface area contributed by atoms with Crippen LogP contribution in [0.1, 0.15) is 69.6 Å². The molecule has 0 bridgehead atoms. The highest BCUT2D eigenvalue weighted by molar-refractivity contribution is 6.00. The number of aliphatic carboxylic acids is 2. The van der Waals surface area contributed by atoms with Gasteiger partial charge in [-0.2, -0.15) is 0 Å². The number of benzene rings is 3. The monoisotopic (exact) mass is 1240 g/mol. The van der Waals surface area contributed by atoms with Gasteiger partial charge in [-0.25, -0.2) is 4.79 Å². The van der Waals surface area contributed by atoms with Crippen molar-refractivity contribution >= 4 is 81.9 Å². The molecule has 1 aromatic heterocycles.